The molecule has 0 radical (unpaired) electrons. The normalized spacial score (nSPS) is 15.6. The van der Waals surface area contributed by atoms with Crippen molar-refractivity contribution in [2.75, 3.05) is 6.54 Å². The van der Waals surface area contributed by atoms with Crippen molar-refractivity contribution in [1.29, 1.82) is 0 Å². The molecular formula is C11H12BrN3. The fourth-order valence-electron chi connectivity index (χ4n) is 2.17. The quantitative estimate of drug-likeness (QED) is 0.792. The average Bonchev–Trinajstić information content (AvgIpc) is 2.57. The van der Waals surface area contributed by atoms with Crippen LogP contribution in [-0.2, 0) is 13.1 Å². The van der Waals surface area contributed by atoms with E-state index in [1.807, 2.05) is 0 Å². The third-order valence-electron chi connectivity index (χ3n) is 2.88. The Labute approximate surface area is 96.6 Å². The molecule has 0 amide bonds. The standard InChI is InChI=1S/C11H12BrN3/c1-7-4-8(12)5-9-11(7)14-10-6-13-2-3-15(9)10/h4-5,13H,2-3,6H2,1H3. The molecule has 2 heterocycles. The molecule has 0 unspecified atom stereocenters. The summed E-state index contributed by atoms with van der Waals surface area (Å²) in [6, 6.07) is 4.28. The number of nitrogens with zero attached hydrogens (tertiary/aromatic N) is 2. The van der Waals surface area contributed by atoms with Crippen LogP contribution >= 0.6 is 15.9 Å². The zero-order valence-electron chi connectivity index (χ0n) is 8.55. The van der Waals surface area contributed by atoms with Crippen LogP contribution in [0.3, 0.4) is 0 Å². The van der Waals surface area contributed by atoms with Gasteiger partial charge in [0.15, 0.2) is 0 Å². The van der Waals surface area contributed by atoms with Gasteiger partial charge in [-0.15, -0.1) is 0 Å². The summed E-state index contributed by atoms with van der Waals surface area (Å²) in [5, 5.41) is 3.34. The maximum absolute atomic E-state index is 4.67. The van der Waals surface area contributed by atoms with E-state index < -0.39 is 0 Å². The van der Waals surface area contributed by atoms with E-state index in [4.69, 9.17) is 0 Å². The molecule has 4 heteroatoms. The molecule has 0 bridgehead atoms. The molecule has 1 aliphatic heterocycles. The molecule has 15 heavy (non-hydrogen) atoms. The molecule has 0 aliphatic carbocycles. The highest BCUT2D eigenvalue weighted by Crippen LogP contribution is 2.25. The lowest BCUT2D eigenvalue weighted by Gasteiger charge is -2.15. The smallest absolute Gasteiger partial charge is 0.123 e. The molecule has 3 rings (SSSR count). The van der Waals surface area contributed by atoms with E-state index in [9.17, 15) is 0 Å². The largest absolute Gasteiger partial charge is 0.326 e. The zero-order valence-corrected chi connectivity index (χ0v) is 10.1. The number of rotatable bonds is 0. The number of imidazole rings is 1. The number of benzene rings is 1. The first-order valence-corrected chi connectivity index (χ1v) is 5.91. The predicted molar refractivity (Wildman–Crippen MR) is 63.9 cm³/mol. The number of fused-ring (bicyclic) bond motifs is 3. The molecule has 0 saturated heterocycles. The van der Waals surface area contributed by atoms with Gasteiger partial charge in [0.2, 0.25) is 0 Å². The van der Waals surface area contributed by atoms with E-state index >= 15 is 0 Å². The Bertz CT molecular complexity index is 530. The van der Waals surface area contributed by atoms with Crippen LogP contribution in [0.25, 0.3) is 11.0 Å². The summed E-state index contributed by atoms with van der Waals surface area (Å²) >= 11 is 3.54. The highest BCUT2D eigenvalue weighted by atomic mass is 79.9. The van der Waals surface area contributed by atoms with Gasteiger partial charge in [0.05, 0.1) is 17.6 Å². The van der Waals surface area contributed by atoms with Crippen molar-refractivity contribution < 1.29 is 0 Å². The van der Waals surface area contributed by atoms with Gasteiger partial charge in [-0.05, 0) is 24.6 Å². The fourth-order valence-corrected chi connectivity index (χ4v) is 2.73. The van der Waals surface area contributed by atoms with Crippen LogP contribution in [0.2, 0.25) is 0 Å². The second kappa shape index (κ2) is 3.32. The van der Waals surface area contributed by atoms with Crippen LogP contribution in [-0.4, -0.2) is 16.1 Å². The summed E-state index contributed by atoms with van der Waals surface area (Å²) in [7, 11) is 0. The Morgan fingerprint density at radius 3 is 3.20 bits per heavy atom. The molecule has 78 valence electrons. The maximum atomic E-state index is 4.67. The summed E-state index contributed by atoms with van der Waals surface area (Å²) in [6.45, 7) is 5.04. The van der Waals surface area contributed by atoms with Crippen molar-refractivity contribution in [3.63, 3.8) is 0 Å². The van der Waals surface area contributed by atoms with E-state index in [1.165, 1.54) is 11.1 Å². The van der Waals surface area contributed by atoms with E-state index in [0.717, 1.165) is 35.4 Å². The van der Waals surface area contributed by atoms with Gasteiger partial charge in [-0.1, -0.05) is 15.9 Å². The molecular weight excluding hydrogens is 254 g/mol. The van der Waals surface area contributed by atoms with Crippen LogP contribution in [0, 0.1) is 6.92 Å². The van der Waals surface area contributed by atoms with Gasteiger partial charge in [0.1, 0.15) is 5.82 Å². The van der Waals surface area contributed by atoms with E-state index in [0.29, 0.717) is 0 Å². The fraction of sp³-hybridized carbons (Fsp3) is 0.364. The molecule has 2 aromatic rings. The molecule has 0 fully saturated rings. The SMILES string of the molecule is Cc1cc(Br)cc2c1nc1n2CCNC1. The third kappa shape index (κ3) is 1.40. The van der Waals surface area contributed by atoms with Gasteiger partial charge in [-0.3, -0.25) is 0 Å². The molecule has 0 atom stereocenters. The first-order chi connectivity index (χ1) is 7.25. The lowest BCUT2D eigenvalue weighted by Crippen LogP contribution is -2.28. The van der Waals surface area contributed by atoms with Crippen molar-refractivity contribution >= 4 is 27.0 Å². The molecule has 1 aromatic heterocycles. The van der Waals surface area contributed by atoms with Crippen LogP contribution < -0.4 is 5.32 Å². The molecule has 1 N–H and O–H groups in total. The van der Waals surface area contributed by atoms with Crippen LogP contribution in [0.5, 0.6) is 0 Å². The minimum Gasteiger partial charge on any atom is -0.326 e. The van der Waals surface area contributed by atoms with Gasteiger partial charge in [-0.2, -0.15) is 0 Å². The van der Waals surface area contributed by atoms with Crippen molar-refractivity contribution in [2.24, 2.45) is 0 Å². The number of hydrogen-bond acceptors (Lipinski definition) is 2. The molecule has 1 aliphatic rings. The molecule has 0 spiro atoms. The summed E-state index contributed by atoms with van der Waals surface area (Å²) in [5.74, 6) is 1.15. The monoisotopic (exact) mass is 265 g/mol. The first kappa shape index (κ1) is 9.36. The second-order valence-corrected chi connectivity index (χ2v) is 4.86. The Morgan fingerprint density at radius 2 is 2.33 bits per heavy atom. The Kier molecular flexibility index (Phi) is 2.07. The number of hydrogen-bond donors (Lipinski definition) is 1. The van der Waals surface area contributed by atoms with Gasteiger partial charge in [0, 0.05) is 17.6 Å². The minimum atomic E-state index is 0.881. The number of aromatic nitrogens is 2. The van der Waals surface area contributed by atoms with Crippen LogP contribution in [0.1, 0.15) is 11.4 Å². The molecule has 1 aromatic carbocycles. The van der Waals surface area contributed by atoms with Gasteiger partial charge in [-0.25, -0.2) is 4.98 Å². The summed E-state index contributed by atoms with van der Waals surface area (Å²) in [6.07, 6.45) is 0. The lowest BCUT2D eigenvalue weighted by atomic mass is 10.2. The zero-order chi connectivity index (χ0) is 10.4. The van der Waals surface area contributed by atoms with Crippen LogP contribution in [0.15, 0.2) is 16.6 Å². The van der Waals surface area contributed by atoms with Crippen molar-refractivity contribution in [3.8, 4) is 0 Å². The second-order valence-electron chi connectivity index (χ2n) is 3.95. The molecule has 3 nitrogen and oxygen atoms in total. The van der Waals surface area contributed by atoms with E-state index in [-0.39, 0.29) is 0 Å². The lowest BCUT2D eigenvalue weighted by molar-refractivity contribution is 0.514. The average molecular weight is 266 g/mol. The maximum Gasteiger partial charge on any atom is 0.123 e. The van der Waals surface area contributed by atoms with E-state index in [1.54, 1.807) is 0 Å². The number of aryl methyl sites for hydroxylation is 1. The third-order valence-corrected chi connectivity index (χ3v) is 3.34. The summed E-state index contributed by atoms with van der Waals surface area (Å²) < 4.78 is 3.44. The Balaban J connectivity index is 2.37. The van der Waals surface area contributed by atoms with E-state index in [2.05, 4.69) is 49.9 Å². The topological polar surface area (TPSA) is 29.9 Å². The first-order valence-electron chi connectivity index (χ1n) is 5.11. The van der Waals surface area contributed by atoms with Gasteiger partial charge < -0.3 is 9.88 Å². The van der Waals surface area contributed by atoms with Gasteiger partial charge >= 0.3 is 0 Å². The Morgan fingerprint density at radius 1 is 1.47 bits per heavy atom. The minimum absolute atomic E-state index is 0.881. The van der Waals surface area contributed by atoms with Crippen molar-refractivity contribution in [3.05, 3.63) is 28.0 Å². The van der Waals surface area contributed by atoms with Crippen molar-refractivity contribution in [2.45, 2.75) is 20.0 Å². The van der Waals surface area contributed by atoms with Crippen LogP contribution in [0.4, 0.5) is 0 Å². The highest BCUT2D eigenvalue weighted by Gasteiger charge is 2.15. The highest BCUT2D eigenvalue weighted by molar-refractivity contribution is 9.10. The molecule has 0 saturated carbocycles. The van der Waals surface area contributed by atoms with Crippen molar-refractivity contribution in [1.82, 2.24) is 14.9 Å². The van der Waals surface area contributed by atoms with Gasteiger partial charge in [0.25, 0.3) is 0 Å². The predicted octanol–water partition coefficient (Wildman–Crippen LogP) is 2.21. The number of halogens is 1. The summed E-state index contributed by atoms with van der Waals surface area (Å²) in [4.78, 5) is 4.67. The Hall–Kier alpha value is -0.870. The number of nitrogens with one attached hydrogen (secondary N) is 1. The summed E-state index contributed by atoms with van der Waals surface area (Å²) in [5.41, 5.74) is 3.62.